The minimum atomic E-state index is -3.46. The van der Waals surface area contributed by atoms with Crippen molar-refractivity contribution in [2.75, 3.05) is 18.0 Å². The van der Waals surface area contributed by atoms with E-state index in [0.717, 1.165) is 31.5 Å². The first-order valence-electron chi connectivity index (χ1n) is 7.52. The van der Waals surface area contributed by atoms with Crippen LogP contribution in [0.1, 0.15) is 26.2 Å². The van der Waals surface area contributed by atoms with E-state index in [-0.39, 0.29) is 18.1 Å². The lowest BCUT2D eigenvalue weighted by molar-refractivity contribution is 0.136. The molecule has 1 saturated carbocycles. The number of nitrogens with zero attached hydrogens (tertiary/aromatic N) is 1. The normalized spacial score (nSPS) is 24.3. The summed E-state index contributed by atoms with van der Waals surface area (Å²) in [6.07, 6.45) is 2.38. The fourth-order valence-electron chi connectivity index (χ4n) is 2.83. The zero-order valence-electron chi connectivity index (χ0n) is 12.2. The van der Waals surface area contributed by atoms with Gasteiger partial charge in [0.2, 0.25) is 10.0 Å². The number of aliphatic hydroxyl groups is 1. The van der Waals surface area contributed by atoms with Gasteiger partial charge in [-0.3, -0.25) is 0 Å². The maximum Gasteiger partial charge on any atom is 0.242 e. The van der Waals surface area contributed by atoms with E-state index in [0.29, 0.717) is 11.4 Å². The van der Waals surface area contributed by atoms with Gasteiger partial charge in [-0.25, -0.2) is 13.1 Å². The Morgan fingerprint density at radius 1 is 1.29 bits per heavy atom. The summed E-state index contributed by atoms with van der Waals surface area (Å²) in [7, 11) is -3.46. The molecule has 2 aliphatic rings. The van der Waals surface area contributed by atoms with E-state index >= 15 is 0 Å². The Morgan fingerprint density at radius 2 is 2.00 bits per heavy atom. The lowest BCUT2D eigenvalue weighted by Crippen LogP contribution is -2.29. The molecule has 2 unspecified atom stereocenters. The van der Waals surface area contributed by atoms with Gasteiger partial charge >= 0.3 is 0 Å². The minimum Gasteiger partial charge on any atom is -0.393 e. The highest BCUT2D eigenvalue weighted by molar-refractivity contribution is 7.89. The number of benzene rings is 1. The van der Waals surface area contributed by atoms with Gasteiger partial charge < -0.3 is 10.0 Å². The number of nitrogens with one attached hydrogen (secondary N) is 1. The molecular weight excluding hydrogens is 288 g/mol. The van der Waals surface area contributed by atoms with E-state index in [2.05, 4.69) is 9.62 Å². The van der Waals surface area contributed by atoms with Crippen molar-refractivity contribution in [1.29, 1.82) is 0 Å². The summed E-state index contributed by atoms with van der Waals surface area (Å²) in [6, 6.07) is 7.24. The molecule has 21 heavy (non-hydrogen) atoms. The maximum atomic E-state index is 12.5. The summed E-state index contributed by atoms with van der Waals surface area (Å²) in [5.41, 5.74) is 0.744. The molecule has 116 valence electrons. The second kappa shape index (κ2) is 5.59. The van der Waals surface area contributed by atoms with E-state index in [1.165, 1.54) is 0 Å². The van der Waals surface area contributed by atoms with Gasteiger partial charge in [0, 0.05) is 25.0 Å². The zero-order chi connectivity index (χ0) is 15.0. The van der Waals surface area contributed by atoms with Crippen molar-refractivity contribution in [3.05, 3.63) is 24.3 Å². The van der Waals surface area contributed by atoms with Crippen molar-refractivity contribution in [3.63, 3.8) is 0 Å². The molecule has 2 atom stereocenters. The Morgan fingerprint density at radius 3 is 2.62 bits per heavy atom. The third kappa shape index (κ3) is 3.22. The molecule has 0 radical (unpaired) electrons. The molecule has 5 nitrogen and oxygen atoms in total. The van der Waals surface area contributed by atoms with Crippen LogP contribution in [0.15, 0.2) is 29.2 Å². The van der Waals surface area contributed by atoms with Gasteiger partial charge in [0.05, 0.1) is 11.8 Å². The Labute approximate surface area is 126 Å². The molecule has 2 fully saturated rings. The van der Waals surface area contributed by atoms with Gasteiger partial charge in [-0.2, -0.15) is 0 Å². The van der Waals surface area contributed by atoms with E-state index in [4.69, 9.17) is 0 Å². The van der Waals surface area contributed by atoms with Crippen molar-refractivity contribution in [1.82, 2.24) is 4.72 Å². The SMILES string of the molecule is CC(O)C1CCN(c2ccccc2S(=O)(=O)NC2CC2)C1. The molecule has 1 aliphatic carbocycles. The monoisotopic (exact) mass is 310 g/mol. The van der Waals surface area contributed by atoms with Crippen LogP contribution in [-0.2, 0) is 10.0 Å². The lowest BCUT2D eigenvalue weighted by Gasteiger charge is -2.22. The van der Waals surface area contributed by atoms with Crippen molar-refractivity contribution in [3.8, 4) is 0 Å². The summed E-state index contributed by atoms with van der Waals surface area (Å²) in [5, 5.41) is 9.72. The van der Waals surface area contributed by atoms with E-state index in [1.807, 2.05) is 12.1 Å². The molecule has 3 rings (SSSR count). The van der Waals surface area contributed by atoms with E-state index < -0.39 is 10.0 Å². The van der Waals surface area contributed by atoms with Crippen molar-refractivity contribution in [2.24, 2.45) is 5.92 Å². The summed E-state index contributed by atoms with van der Waals surface area (Å²) in [6.45, 7) is 3.28. The molecule has 0 aromatic heterocycles. The van der Waals surface area contributed by atoms with Crippen LogP contribution < -0.4 is 9.62 Å². The van der Waals surface area contributed by atoms with Gasteiger partial charge in [0.15, 0.2) is 0 Å². The van der Waals surface area contributed by atoms with Crippen molar-refractivity contribution >= 4 is 15.7 Å². The number of sulfonamides is 1. The Hall–Kier alpha value is -1.11. The van der Waals surface area contributed by atoms with Crippen LogP contribution in [0.4, 0.5) is 5.69 Å². The van der Waals surface area contributed by atoms with Crippen LogP contribution in [-0.4, -0.2) is 38.8 Å². The zero-order valence-corrected chi connectivity index (χ0v) is 13.0. The Balaban J connectivity index is 1.86. The Bertz CT molecular complexity index is 611. The fraction of sp³-hybridized carbons (Fsp3) is 0.600. The highest BCUT2D eigenvalue weighted by atomic mass is 32.2. The quantitative estimate of drug-likeness (QED) is 0.861. The first kappa shape index (κ1) is 14.8. The first-order valence-corrected chi connectivity index (χ1v) is 9.00. The summed E-state index contributed by atoms with van der Waals surface area (Å²) in [4.78, 5) is 2.42. The third-order valence-electron chi connectivity index (χ3n) is 4.30. The molecule has 1 saturated heterocycles. The van der Waals surface area contributed by atoms with E-state index in [9.17, 15) is 13.5 Å². The lowest BCUT2D eigenvalue weighted by atomic mass is 10.0. The molecule has 1 heterocycles. The highest BCUT2D eigenvalue weighted by Crippen LogP contribution is 2.32. The first-order chi connectivity index (χ1) is 9.97. The number of para-hydroxylation sites is 1. The number of hydrogen-bond acceptors (Lipinski definition) is 4. The summed E-state index contributed by atoms with van der Waals surface area (Å²) in [5.74, 6) is 0.206. The fourth-order valence-corrected chi connectivity index (χ4v) is 4.36. The number of rotatable bonds is 5. The van der Waals surface area contributed by atoms with Gasteiger partial charge in [-0.15, -0.1) is 0 Å². The van der Waals surface area contributed by atoms with Crippen molar-refractivity contribution in [2.45, 2.75) is 43.2 Å². The minimum absolute atomic E-state index is 0.104. The van der Waals surface area contributed by atoms with Crippen LogP contribution in [0.2, 0.25) is 0 Å². The number of hydrogen-bond donors (Lipinski definition) is 2. The third-order valence-corrected chi connectivity index (χ3v) is 5.87. The maximum absolute atomic E-state index is 12.5. The molecule has 1 aliphatic heterocycles. The Kier molecular flexibility index (Phi) is 3.94. The molecular formula is C15H22N2O3S. The van der Waals surface area contributed by atoms with Gasteiger partial charge in [0.1, 0.15) is 4.90 Å². The van der Waals surface area contributed by atoms with Crippen LogP contribution in [0.5, 0.6) is 0 Å². The molecule has 6 heteroatoms. The van der Waals surface area contributed by atoms with Crippen molar-refractivity contribution < 1.29 is 13.5 Å². The van der Waals surface area contributed by atoms with E-state index in [1.54, 1.807) is 19.1 Å². The van der Waals surface area contributed by atoms with Gasteiger partial charge in [-0.1, -0.05) is 12.1 Å². The molecule has 0 spiro atoms. The molecule has 0 bridgehead atoms. The van der Waals surface area contributed by atoms with Crippen LogP contribution in [0.3, 0.4) is 0 Å². The summed E-state index contributed by atoms with van der Waals surface area (Å²) < 4.78 is 27.7. The second-order valence-corrected chi connectivity index (χ2v) is 7.78. The molecule has 2 N–H and O–H groups in total. The van der Waals surface area contributed by atoms with Crippen LogP contribution >= 0.6 is 0 Å². The largest absolute Gasteiger partial charge is 0.393 e. The molecule has 1 aromatic rings. The number of anilines is 1. The average Bonchev–Trinajstić information content (AvgIpc) is 3.09. The second-order valence-electron chi connectivity index (χ2n) is 6.10. The predicted molar refractivity (Wildman–Crippen MR) is 81.8 cm³/mol. The van der Waals surface area contributed by atoms with Gasteiger partial charge in [0.25, 0.3) is 0 Å². The summed E-state index contributed by atoms with van der Waals surface area (Å²) >= 11 is 0. The number of aliphatic hydroxyl groups excluding tert-OH is 1. The average molecular weight is 310 g/mol. The molecule has 0 amide bonds. The standard InChI is InChI=1S/C15H22N2O3S/c1-11(18)12-8-9-17(10-12)14-4-2-3-5-15(14)21(19,20)16-13-6-7-13/h2-5,11-13,16,18H,6-10H2,1H3. The highest BCUT2D eigenvalue weighted by Gasteiger charge is 2.32. The van der Waals surface area contributed by atoms with Crippen LogP contribution in [0, 0.1) is 5.92 Å². The van der Waals surface area contributed by atoms with Gasteiger partial charge in [-0.05, 0) is 38.3 Å². The smallest absolute Gasteiger partial charge is 0.242 e. The molecule has 1 aromatic carbocycles. The topological polar surface area (TPSA) is 69.6 Å². The van der Waals surface area contributed by atoms with Crippen LogP contribution in [0.25, 0.3) is 0 Å². The predicted octanol–water partition coefficient (Wildman–Crippen LogP) is 1.33.